The van der Waals surface area contributed by atoms with Crippen LogP contribution in [0.2, 0.25) is 0 Å². The lowest BCUT2D eigenvalue weighted by molar-refractivity contribution is -0.146. The molecule has 0 fully saturated rings. The number of carbonyl (C=O) groups is 1. The molecule has 1 heterocycles. The summed E-state index contributed by atoms with van der Waals surface area (Å²) in [5, 5.41) is 19.2. The molecule has 72 valence electrons. The quantitative estimate of drug-likeness (QED) is 0.737. The van der Waals surface area contributed by atoms with Crippen molar-refractivity contribution in [1.29, 1.82) is 0 Å². The van der Waals surface area contributed by atoms with Gasteiger partial charge < -0.3 is 10.4 Å². The molecular weight excluding hydrogens is 192 g/mol. The lowest BCUT2D eigenvalue weighted by Crippen LogP contribution is -2.31. The minimum Gasteiger partial charge on any atom is -0.481 e. The van der Waals surface area contributed by atoms with Gasteiger partial charge in [-0.25, -0.2) is 0 Å². The first-order valence-corrected chi connectivity index (χ1v) is 4.42. The van der Waals surface area contributed by atoms with Gasteiger partial charge in [0, 0.05) is 18.1 Å². The van der Waals surface area contributed by atoms with Gasteiger partial charge in [0.25, 0.3) is 0 Å². The Morgan fingerprint density at radius 2 is 2.38 bits per heavy atom. The number of rotatable bonds is 4. The van der Waals surface area contributed by atoms with Crippen molar-refractivity contribution in [2.75, 3.05) is 11.9 Å². The van der Waals surface area contributed by atoms with E-state index in [0.717, 1.165) is 11.5 Å². The van der Waals surface area contributed by atoms with Crippen molar-refractivity contribution in [3.63, 3.8) is 0 Å². The highest BCUT2D eigenvalue weighted by molar-refractivity contribution is 7.09. The highest BCUT2D eigenvalue weighted by Crippen LogP contribution is 2.16. The van der Waals surface area contributed by atoms with Crippen LogP contribution in [0.25, 0.3) is 0 Å². The van der Waals surface area contributed by atoms with Crippen molar-refractivity contribution in [3.8, 4) is 0 Å². The number of carboxylic acids is 1. The summed E-state index contributed by atoms with van der Waals surface area (Å²) in [6.07, 6.45) is 0. The monoisotopic (exact) mass is 202 g/mol. The number of hydrogen-bond donors (Lipinski definition) is 2. The molecule has 2 N–H and O–H groups in total. The molecule has 0 atom stereocenters. The summed E-state index contributed by atoms with van der Waals surface area (Å²) in [6, 6.07) is 0. The number of nitrogens with zero attached hydrogens (tertiary/aromatic N) is 3. The molecule has 0 aliphatic carbocycles. The largest absolute Gasteiger partial charge is 0.481 e. The molecule has 0 bridgehead atoms. The Hall–Kier alpha value is -1.24. The van der Waals surface area contributed by atoms with Crippen LogP contribution in [-0.4, -0.2) is 32.4 Å². The molecule has 6 nitrogen and oxygen atoms in total. The van der Waals surface area contributed by atoms with Crippen LogP contribution in [0.1, 0.15) is 13.8 Å². The lowest BCUT2D eigenvalue weighted by atomic mass is 9.94. The Bertz CT molecular complexity index is 285. The summed E-state index contributed by atoms with van der Waals surface area (Å²) in [6.45, 7) is 3.58. The van der Waals surface area contributed by atoms with E-state index in [2.05, 4.69) is 20.1 Å². The summed E-state index contributed by atoms with van der Waals surface area (Å²) in [4.78, 5) is 10.7. The Morgan fingerprint density at radius 3 is 2.85 bits per heavy atom. The molecule has 0 aliphatic heterocycles. The molecule has 0 unspecified atom stereocenters. The third kappa shape index (κ3) is 2.62. The van der Waals surface area contributed by atoms with Crippen LogP contribution in [0.4, 0.5) is 5.13 Å². The zero-order chi connectivity index (χ0) is 9.90. The molecular formula is C6H10N4O2S. The van der Waals surface area contributed by atoms with Crippen molar-refractivity contribution in [3.05, 3.63) is 0 Å². The predicted molar refractivity (Wildman–Crippen MR) is 47.6 cm³/mol. The van der Waals surface area contributed by atoms with Crippen LogP contribution >= 0.6 is 11.5 Å². The van der Waals surface area contributed by atoms with E-state index in [-0.39, 0.29) is 0 Å². The van der Waals surface area contributed by atoms with E-state index < -0.39 is 11.4 Å². The zero-order valence-corrected chi connectivity index (χ0v) is 8.13. The predicted octanol–water partition coefficient (Wildman–Crippen LogP) is 0.456. The smallest absolute Gasteiger partial charge is 0.310 e. The van der Waals surface area contributed by atoms with Crippen molar-refractivity contribution >= 4 is 22.6 Å². The summed E-state index contributed by atoms with van der Waals surface area (Å²) in [5.41, 5.74) is -0.814. The van der Waals surface area contributed by atoms with E-state index in [4.69, 9.17) is 5.11 Å². The maximum Gasteiger partial charge on any atom is 0.310 e. The molecule has 13 heavy (non-hydrogen) atoms. The number of carboxylic acid groups (broad SMARTS) is 1. The summed E-state index contributed by atoms with van der Waals surface area (Å²) in [5.74, 6) is -0.850. The van der Waals surface area contributed by atoms with Crippen LogP contribution < -0.4 is 5.32 Å². The first-order chi connectivity index (χ1) is 6.02. The van der Waals surface area contributed by atoms with Gasteiger partial charge in [-0.1, -0.05) is 9.59 Å². The molecule has 1 aromatic rings. The molecule has 0 aliphatic rings. The maximum absolute atomic E-state index is 10.7. The van der Waals surface area contributed by atoms with Gasteiger partial charge in [0.1, 0.15) is 0 Å². The van der Waals surface area contributed by atoms with Crippen molar-refractivity contribution < 1.29 is 9.90 Å². The van der Waals surface area contributed by atoms with Crippen LogP contribution in [0.3, 0.4) is 0 Å². The second-order valence-electron chi connectivity index (χ2n) is 3.21. The number of anilines is 1. The van der Waals surface area contributed by atoms with Crippen LogP contribution in [0, 0.1) is 5.41 Å². The number of nitrogens with one attached hydrogen (secondary N) is 1. The van der Waals surface area contributed by atoms with Gasteiger partial charge in [0.2, 0.25) is 5.13 Å². The third-order valence-corrected chi connectivity index (χ3v) is 2.11. The second kappa shape index (κ2) is 3.65. The topological polar surface area (TPSA) is 88.0 Å². The number of aromatic nitrogens is 3. The second-order valence-corrected chi connectivity index (χ2v) is 3.94. The Labute approximate surface area is 79.1 Å². The number of hydrogen-bond acceptors (Lipinski definition) is 6. The van der Waals surface area contributed by atoms with Crippen LogP contribution in [0.15, 0.2) is 0 Å². The first-order valence-electron chi connectivity index (χ1n) is 3.65. The van der Waals surface area contributed by atoms with Gasteiger partial charge in [0.15, 0.2) is 0 Å². The highest BCUT2D eigenvalue weighted by Gasteiger charge is 2.26. The van der Waals surface area contributed by atoms with Crippen molar-refractivity contribution in [2.45, 2.75) is 13.8 Å². The number of aliphatic carboxylic acids is 1. The highest BCUT2D eigenvalue weighted by atomic mass is 32.1. The Balaban J connectivity index is 2.47. The fraction of sp³-hybridized carbons (Fsp3) is 0.667. The molecule has 0 saturated heterocycles. The first kappa shape index (κ1) is 9.85. The van der Waals surface area contributed by atoms with E-state index in [1.807, 2.05) is 0 Å². The minimum absolute atomic E-state index is 0.305. The van der Waals surface area contributed by atoms with Gasteiger partial charge in [-0.3, -0.25) is 4.79 Å². The van der Waals surface area contributed by atoms with Gasteiger partial charge in [-0.05, 0) is 19.1 Å². The molecule has 1 aromatic heterocycles. The van der Waals surface area contributed by atoms with E-state index >= 15 is 0 Å². The average Bonchev–Trinajstić information content (AvgIpc) is 2.52. The lowest BCUT2D eigenvalue weighted by Gasteiger charge is -2.18. The van der Waals surface area contributed by atoms with Gasteiger partial charge in [-0.15, -0.1) is 0 Å². The van der Waals surface area contributed by atoms with Crippen molar-refractivity contribution in [2.24, 2.45) is 5.41 Å². The van der Waals surface area contributed by atoms with E-state index in [0.29, 0.717) is 11.7 Å². The molecule has 0 radical (unpaired) electrons. The molecule has 0 spiro atoms. The van der Waals surface area contributed by atoms with Gasteiger partial charge in [-0.2, -0.15) is 0 Å². The third-order valence-electron chi connectivity index (χ3n) is 1.56. The summed E-state index contributed by atoms with van der Waals surface area (Å²) in [7, 11) is 0. The normalized spacial score (nSPS) is 11.2. The summed E-state index contributed by atoms with van der Waals surface area (Å²) >= 11 is 1.10. The molecule has 1 rings (SSSR count). The van der Waals surface area contributed by atoms with E-state index in [1.54, 1.807) is 13.8 Å². The average molecular weight is 202 g/mol. The van der Waals surface area contributed by atoms with Crippen LogP contribution in [0.5, 0.6) is 0 Å². The minimum atomic E-state index is -0.850. The van der Waals surface area contributed by atoms with Crippen molar-refractivity contribution in [1.82, 2.24) is 14.8 Å². The Kier molecular flexibility index (Phi) is 2.76. The maximum atomic E-state index is 10.7. The molecule has 0 aromatic carbocycles. The Morgan fingerprint density at radius 1 is 1.69 bits per heavy atom. The zero-order valence-electron chi connectivity index (χ0n) is 7.31. The van der Waals surface area contributed by atoms with Gasteiger partial charge >= 0.3 is 5.97 Å². The fourth-order valence-corrected chi connectivity index (χ4v) is 0.934. The van der Waals surface area contributed by atoms with E-state index in [1.165, 1.54) is 0 Å². The van der Waals surface area contributed by atoms with Gasteiger partial charge in [0.05, 0.1) is 5.41 Å². The molecule has 0 saturated carbocycles. The standard InChI is InChI=1S/C6H10N4O2S/c1-6(2,4(11)12)3-7-5-8-9-10-13-5/h3H2,1-2H3,(H,11,12)(H,7,8,10). The SMILES string of the molecule is CC(C)(CNc1nnns1)C(=O)O. The summed E-state index contributed by atoms with van der Waals surface area (Å²) < 4.78 is 3.54. The van der Waals surface area contributed by atoms with Crippen LogP contribution in [-0.2, 0) is 4.79 Å². The molecule has 0 amide bonds. The van der Waals surface area contributed by atoms with E-state index in [9.17, 15) is 4.79 Å². The fourth-order valence-electron chi connectivity index (χ4n) is 0.574. The molecule has 7 heteroatoms.